The van der Waals surface area contributed by atoms with E-state index < -0.39 is 16.9 Å². The number of non-ortho nitro benzene ring substituents is 1. The largest absolute Gasteiger partial charge is 0.480 e. The number of nitrogens with one attached hydrogen (secondary N) is 1. The fraction of sp³-hybridized carbons (Fsp3) is 0.353. The zero-order valence-corrected chi connectivity index (χ0v) is 14.6. The number of benzene rings is 1. The summed E-state index contributed by atoms with van der Waals surface area (Å²) in [4.78, 5) is 21.5. The lowest BCUT2D eigenvalue weighted by atomic mass is 10.0. The second-order valence-corrected chi connectivity index (χ2v) is 6.50. The minimum Gasteiger partial charge on any atom is -0.480 e. The predicted octanol–water partition coefficient (Wildman–Crippen LogP) is 4.10. The summed E-state index contributed by atoms with van der Waals surface area (Å²) in [6, 6.07) is 6.90. The summed E-state index contributed by atoms with van der Waals surface area (Å²) in [5.74, 6) is 0.366. The Bertz CT molecular complexity index is 772. The first-order valence-corrected chi connectivity index (χ1v) is 8.15. The maximum atomic E-state index is 11.2. The first kappa shape index (κ1) is 19.0. The molecule has 1 heterocycles. The molecular weight excluding hydrogens is 348 g/mol. The molecular formula is C17H19ClN2O5. The number of nitro benzene ring substituents is 1. The van der Waals surface area contributed by atoms with E-state index in [0.29, 0.717) is 23.5 Å². The van der Waals surface area contributed by atoms with Crippen molar-refractivity contribution in [3.05, 3.63) is 51.2 Å². The van der Waals surface area contributed by atoms with Gasteiger partial charge in [0.05, 0.1) is 16.5 Å². The highest BCUT2D eigenvalue weighted by molar-refractivity contribution is 6.33. The zero-order chi connectivity index (χ0) is 18.6. The molecule has 25 heavy (non-hydrogen) atoms. The third-order valence-electron chi connectivity index (χ3n) is 3.62. The van der Waals surface area contributed by atoms with Crippen LogP contribution in [-0.4, -0.2) is 22.0 Å². The molecule has 0 saturated heterocycles. The van der Waals surface area contributed by atoms with E-state index >= 15 is 0 Å². The molecule has 0 bridgehead atoms. The minimum atomic E-state index is -0.904. The number of rotatable bonds is 8. The SMILES string of the molecule is CC(C)C[C@@H](NCc1ccc(-c2ccc([N+](=O)[O-])cc2Cl)o1)C(=O)O. The maximum Gasteiger partial charge on any atom is 0.320 e. The number of halogens is 1. The van der Waals surface area contributed by atoms with Crippen LogP contribution in [0.5, 0.6) is 0 Å². The van der Waals surface area contributed by atoms with Crippen LogP contribution in [0.15, 0.2) is 34.7 Å². The summed E-state index contributed by atoms with van der Waals surface area (Å²) in [5, 5.41) is 23.1. The van der Waals surface area contributed by atoms with Gasteiger partial charge in [0.2, 0.25) is 0 Å². The Balaban J connectivity index is 2.09. The molecule has 1 aromatic carbocycles. The number of carboxylic acid groups (broad SMARTS) is 1. The van der Waals surface area contributed by atoms with E-state index in [-0.39, 0.29) is 23.2 Å². The van der Waals surface area contributed by atoms with Crippen molar-refractivity contribution < 1.29 is 19.2 Å². The molecule has 0 aliphatic heterocycles. The molecule has 0 saturated carbocycles. The van der Waals surface area contributed by atoms with Gasteiger partial charge in [0, 0.05) is 17.7 Å². The van der Waals surface area contributed by atoms with Gasteiger partial charge in [-0.1, -0.05) is 25.4 Å². The Morgan fingerprint density at radius 3 is 2.64 bits per heavy atom. The van der Waals surface area contributed by atoms with Crippen molar-refractivity contribution in [1.82, 2.24) is 5.32 Å². The average Bonchev–Trinajstić information content (AvgIpc) is 2.99. The summed E-state index contributed by atoms with van der Waals surface area (Å²) >= 11 is 6.09. The predicted molar refractivity (Wildman–Crippen MR) is 93.5 cm³/mol. The number of nitro groups is 1. The molecule has 2 aromatic rings. The van der Waals surface area contributed by atoms with Crippen LogP contribution < -0.4 is 5.32 Å². The van der Waals surface area contributed by atoms with Gasteiger partial charge in [0.15, 0.2) is 0 Å². The van der Waals surface area contributed by atoms with Gasteiger partial charge in [-0.2, -0.15) is 0 Å². The van der Waals surface area contributed by atoms with Crippen LogP contribution in [0.3, 0.4) is 0 Å². The smallest absolute Gasteiger partial charge is 0.320 e. The number of carbonyl (C=O) groups is 1. The van der Waals surface area contributed by atoms with Crippen LogP contribution in [0.2, 0.25) is 5.02 Å². The number of aliphatic carboxylic acids is 1. The lowest BCUT2D eigenvalue weighted by Crippen LogP contribution is -2.37. The van der Waals surface area contributed by atoms with E-state index in [1.807, 2.05) is 13.8 Å². The third kappa shape index (κ3) is 5.04. The van der Waals surface area contributed by atoms with Gasteiger partial charge in [-0.05, 0) is 30.5 Å². The minimum absolute atomic E-state index is 0.0971. The molecule has 0 spiro atoms. The highest BCUT2D eigenvalue weighted by Gasteiger charge is 2.19. The standard InChI is InChI=1S/C17H19ClN2O5/c1-10(2)7-15(17(21)22)19-9-12-4-6-16(25-12)13-5-3-11(20(23)24)8-14(13)18/h3-6,8,10,15,19H,7,9H2,1-2H3,(H,21,22)/t15-/m1/s1. The van der Waals surface area contributed by atoms with Crippen molar-refractivity contribution in [3.63, 3.8) is 0 Å². The van der Waals surface area contributed by atoms with Gasteiger partial charge in [0.1, 0.15) is 17.6 Å². The Morgan fingerprint density at radius 2 is 2.08 bits per heavy atom. The van der Waals surface area contributed by atoms with E-state index in [0.717, 1.165) is 0 Å². The van der Waals surface area contributed by atoms with Gasteiger partial charge in [-0.25, -0.2) is 0 Å². The van der Waals surface area contributed by atoms with Crippen molar-refractivity contribution in [2.24, 2.45) is 5.92 Å². The van der Waals surface area contributed by atoms with Crippen molar-refractivity contribution in [2.75, 3.05) is 0 Å². The normalized spacial score (nSPS) is 12.3. The Kier molecular flexibility index (Phi) is 6.17. The Labute approximate surface area is 149 Å². The molecule has 0 fully saturated rings. The number of nitrogens with zero attached hydrogens (tertiary/aromatic N) is 1. The molecule has 1 atom stereocenters. The van der Waals surface area contributed by atoms with E-state index in [1.54, 1.807) is 12.1 Å². The molecule has 0 unspecified atom stereocenters. The maximum absolute atomic E-state index is 11.2. The van der Waals surface area contributed by atoms with Crippen LogP contribution in [0.25, 0.3) is 11.3 Å². The molecule has 0 radical (unpaired) electrons. The van der Waals surface area contributed by atoms with Gasteiger partial charge in [-0.15, -0.1) is 0 Å². The monoisotopic (exact) mass is 366 g/mol. The van der Waals surface area contributed by atoms with Crippen LogP contribution in [0.1, 0.15) is 26.0 Å². The molecule has 7 nitrogen and oxygen atoms in total. The second-order valence-electron chi connectivity index (χ2n) is 6.09. The molecule has 0 aliphatic carbocycles. The summed E-state index contributed by atoms with van der Waals surface area (Å²) in [7, 11) is 0. The highest BCUT2D eigenvalue weighted by Crippen LogP contribution is 2.32. The van der Waals surface area contributed by atoms with E-state index in [2.05, 4.69) is 5.32 Å². The summed E-state index contributed by atoms with van der Waals surface area (Å²) in [6.07, 6.45) is 0.511. The molecule has 0 aliphatic rings. The molecule has 1 aromatic heterocycles. The first-order valence-electron chi connectivity index (χ1n) is 7.77. The third-order valence-corrected chi connectivity index (χ3v) is 3.93. The van der Waals surface area contributed by atoms with E-state index in [9.17, 15) is 20.0 Å². The van der Waals surface area contributed by atoms with Gasteiger partial charge >= 0.3 is 5.97 Å². The zero-order valence-electron chi connectivity index (χ0n) is 13.9. The topological polar surface area (TPSA) is 106 Å². The van der Waals surface area contributed by atoms with Crippen LogP contribution in [0, 0.1) is 16.0 Å². The summed E-state index contributed by atoms with van der Waals surface area (Å²) in [6.45, 7) is 4.17. The van der Waals surface area contributed by atoms with Crippen LogP contribution in [-0.2, 0) is 11.3 Å². The van der Waals surface area contributed by atoms with Crippen molar-refractivity contribution in [1.29, 1.82) is 0 Å². The Morgan fingerprint density at radius 1 is 1.36 bits per heavy atom. The molecule has 2 N–H and O–H groups in total. The first-order chi connectivity index (χ1) is 11.8. The fourth-order valence-corrected chi connectivity index (χ4v) is 2.67. The average molecular weight is 367 g/mol. The lowest BCUT2D eigenvalue weighted by molar-refractivity contribution is -0.384. The van der Waals surface area contributed by atoms with Crippen molar-refractivity contribution in [2.45, 2.75) is 32.9 Å². The highest BCUT2D eigenvalue weighted by atomic mass is 35.5. The van der Waals surface area contributed by atoms with Crippen molar-refractivity contribution >= 4 is 23.3 Å². The number of furan rings is 1. The lowest BCUT2D eigenvalue weighted by Gasteiger charge is -2.15. The summed E-state index contributed by atoms with van der Waals surface area (Å²) in [5.41, 5.74) is 0.440. The number of carboxylic acids is 1. The molecule has 8 heteroatoms. The molecule has 134 valence electrons. The Hall–Kier alpha value is -2.38. The van der Waals surface area contributed by atoms with E-state index in [4.69, 9.17) is 16.0 Å². The van der Waals surface area contributed by atoms with E-state index in [1.165, 1.54) is 18.2 Å². The second kappa shape index (κ2) is 8.13. The van der Waals surface area contributed by atoms with Crippen molar-refractivity contribution in [3.8, 4) is 11.3 Å². The van der Waals surface area contributed by atoms with Gasteiger partial charge in [-0.3, -0.25) is 20.2 Å². The summed E-state index contributed by atoms with van der Waals surface area (Å²) < 4.78 is 5.68. The molecule has 2 rings (SSSR count). The number of hydrogen-bond acceptors (Lipinski definition) is 5. The van der Waals surface area contributed by atoms with Gasteiger partial charge < -0.3 is 9.52 Å². The molecule has 0 amide bonds. The fourth-order valence-electron chi connectivity index (χ4n) is 2.40. The quantitative estimate of drug-likeness (QED) is 0.538. The van der Waals surface area contributed by atoms with Crippen LogP contribution in [0.4, 0.5) is 5.69 Å². The van der Waals surface area contributed by atoms with Crippen LogP contribution >= 0.6 is 11.6 Å². The van der Waals surface area contributed by atoms with Gasteiger partial charge in [0.25, 0.3) is 5.69 Å². The number of hydrogen-bond donors (Lipinski definition) is 2.